The van der Waals surface area contributed by atoms with E-state index in [1.807, 2.05) is 0 Å². The molecule has 0 amide bonds. The number of benzene rings is 1. The Morgan fingerprint density at radius 2 is 1.87 bits per heavy atom. The first-order valence-electron chi connectivity index (χ1n) is 9.22. The summed E-state index contributed by atoms with van der Waals surface area (Å²) in [7, 11) is 0. The van der Waals surface area contributed by atoms with Crippen LogP contribution >= 0.6 is 0 Å². The number of ether oxygens (including phenoxy) is 1. The SMILES string of the molecule is NC1CCN(Cc2ccccc2OCCCN2CCCCC2)C1. The van der Waals surface area contributed by atoms with E-state index in [0.717, 1.165) is 44.8 Å². The van der Waals surface area contributed by atoms with Crippen molar-refractivity contribution in [2.24, 2.45) is 5.73 Å². The minimum atomic E-state index is 0.340. The molecule has 1 unspecified atom stereocenters. The molecular formula is C19H31N3O. The normalized spacial score (nSPS) is 23.3. The summed E-state index contributed by atoms with van der Waals surface area (Å²) in [4.78, 5) is 5.00. The molecule has 2 saturated heterocycles. The van der Waals surface area contributed by atoms with Gasteiger partial charge in [0.05, 0.1) is 6.61 Å². The zero-order valence-electron chi connectivity index (χ0n) is 14.3. The van der Waals surface area contributed by atoms with Gasteiger partial charge in [0.25, 0.3) is 0 Å². The van der Waals surface area contributed by atoms with Gasteiger partial charge in [-0.2, -0.15) is 0 Å². The largest absolute Gasteiger partial charge is 0.493 e. The van der Waals surface area contributed by atoms with Crippen LogP contribution in [0.2, 0.25) is 0 Å². The maximum absolute atomic E-state index is 6.08. The van der Waals surface area contributed by atoms with Crippen molar-refractivity contribution < 1.29 is 4.74 Å². The van der Waals surface area contributed by atoms with Gasteiger partial charge in [-0.25, -0.2) is 0 Å². The number of piperidine rings is 1. The molecule has 0 aliphatic carbocycles. The fraction of sp³-hybridized carbons (Fsp3) is 0.684. The van der Waals surface area contributed by atoms with Crippen LogP contribution < -0.4 is 10.5 Å². The van der Waals surface area contributed by atoms with E-state index >= 15 is 0 Å². The zero-order chi connectivity index (χ0) is 15.9. The van der Waals surface area contributed by atoms with Gasteiger partial charge < -0.3 is 15.4 Å². The van der Waals surface area contributed by atoms with Crippen LogP contribution in [0.25, 0.3) is 0 Å². The third kappa shape index (κ3) is 5.20. The van der Waals surface area contributed by atoms with Crippen LogP contribution in [0, 0.1) is 0 Å². The van der Waals surface area contributed by atoms with E-state index in [4.69, 9.17) is 10.5 Å². The van der Waals surface area contributed by atoms with Crippen LogP contribution in [-0.2, 0) is 6.54 Å². The Kier molecular flexibility index (Phi) is 6.31. The quantitative estimate of drug-likeness (QED) is 0.785. The highest BCUT2D eigenvalue weighted by atomic mass is 16.5. The molecule has 128 valence electrons. The maximum Gasteiger partial charge on any atom is 0.123 e. The molecule has 4 nitrogen and oxygen atoms in total. The highest BCUT2D eigenvalue weighted by Crippen LogP contribution is 2.22. The molecule has 2 heterocycles. The van der Waals surface area contributed by atoms with Crippen molar-refractivity contribution in [2.45, 2.75) is 44.7 Å². The maximum atomic E-state index is 6.08. The first kappa shape index (κ1) is 16.7. The highest BCUT2D eigenvalue weighted by Gasteiger charge is 2.20. The Bertz CT molecular complexity index is 473. The molecule has 0 bridgehead atoms. The molecule has 0 aromatic heterocycles. The molecule has 2 fully saturated rings. The Hall–Kier alpha value is -1.10. The number of nitrogens with zero attached hydrogens (tertiary/aromatic N) is 2. The van der Waals surface area contributed by atoms with E-state index in [-0.39, 0.29) is 0 Å². The lowest BCUT2D eigenvalue weighted by atomic mass is 10.1. The van der Waals surface area contributed by atoms with Crippen LogP contribution in [0.3, 0.4) is 0 Å². The van der Waals surface area contributed by atoms with Crippen molar-refractivity contribution in [1.29, 1.82) is 0 Å². The first-order valence-corrected chi connectivity index (χ1v) is 9.22. The lowest BCUT2D eigenvalue weighted by molar-refractivity contribution is 0.203. The third-order valence-electron chi connectivity index (χ3n) is 5.00. The second-order valence-corrected chi connectivity index (χ2v) is 7.00. The summed E-state index contributed by atoms with van der Waals surface area (Å²) >= 11 is 0. The van der Waals surface area contributed by atoms with Gasteiger partial charge in [0.15, 0.2) is 0 Å². The van der Waals surface area contributed by atoms with Crippen LogP contribution in [0.15, 0.2) is 24.3 Å². The molecule has 3 rings (SSSR count). The molecule has 0 saturated carbocycles. The summed E-state index contributed by atoms with van der Waals surface area (Å²) in [6, 6.07) is 8.80. The fourth-order valence-corrected chi connectivity index (χ4v) is 3.68. The van der Waals surface area contributed by atoms with Gasteiger partial charge in [0.1, 0.15) is 5.75 Å². The van der Waals surface area contributed by atoms with Gasteiger partial charge >= 0.3 is 0 Å². The number of hydrogen-bond acceptors (Lipinski definition) is 4. The Labute approximate surface area is 140 Å². The van der Waals surface area contributed by atoms with Gasteiger partial charge in [-0.3, -0.25) is 4.90 Å². The van der Waals surface area contributed by atoms with Gasteiger partial charge in [-0.1, -0.05) is 24.6 Å². The Morgan fingerprint density at radius 3 is 2.65 bits per heavy atom. The van der Waals surface area contributed by atoms with E-state index in [0.29, 0.717) is 6.04 Å². The number of rotatable bonds is 7. The van der Waals surface area contributed by atoms with Crippen molar-refractivity contribution in [3.8, 4) is 5.75 Å². The first-order chi connectivity index (χ1) is 11.3. The molecule has 0 radical (unpaired) electrons. The molecule has 1 atom stereocenters. The summed E-state index contributed by atoms with van der Waals surface area (Å²) in [6.45, 7) is 7.58. The second kappa shape index (κ2) is 8.67. The lowest BCUT2D eigenvalue weighted by Crippen LogP contribution is -2.31. The average molecular weight is 317 g/mol. The number of para-hydroxylation sites is 1. The summed E-state index contributed by atoms with van der Waals surface area (Å²) in [5.74, 6) is 1.05. The van der Waals surface area contributed by atoms with Crippen LogP contribution in [0.1, 0.15) is 37.7 Å². The van der Waals surface area contributed by atoms with E-state index in [9.17, 15) is 0 Å². The van der Waals surface area contributed by atoms with Crippen molar-refractivity contribution in [1.82, 2.24) is 9.80 Å². The summed E-state index contributed by atoms with van der Waals surface area (Å²) < 4.78 is 6.08. The predicted octanol–water partition coefficient (Wildman–Crippen LogP) is 2.47. The minimum absolute atomic E-state index is 0.340. The molecule has 4 heteroatoms. The van der Waals surface area contributed by atoms with E-state index in [1.54, 1.807) is 0 Å². The van der Waals surface area contributed by atoms with Gasteiger partial charge in [0.2, 0.25) is 0 Å². The standard InChI is InChI=1S/C19H31N3O/c20-18-9-13-22(16-18)15-17-7-2-3-8-19(17)23-14-6-12-21-10-4-1-5-11-21/h2-3,7-8,18H,1,4-6,9-16,20H2. The third-order valence-corrected chi connectivity index (χ3v) is 5.00. The van der Waals surface area contributed by atoms with Gasteiger partial charge in [-0.05, 0) is 44.8 Å². The molecule has 2 N–H and O–H groups in total. The van der Waals surface area contributed by atoms with Crippen molar-refractivity contribution >= 4 is 0 Å². The molecule has 23 heavy (non-hydrogen) atoms. The number of nitrogens with two attached hydrogens (primary N) is 1. The van der Waals surface area contributed by atoms with Crippen molar-refractivity contribution in [3.05, 3.63) is 29.8 Å². The topological polar surface area (TPSA) is 41.7 Å². The zero-order valence-corrected chi connectivity index (χ0v) is 14.3. The summed E-state index contributed by atoms with van der Waals surface area (Å²) in [5.41, 5.74) is 7.30. The van der Waals surface area contributed by atoms with E-state index in [2.05, 4.69) is 34.1 Å². The molecule has 2 aliphatic rings. The van der Waals surface area contributed by atoms with E-state index < -0.39 is 0 Å². The monoisotopic (exact) mass is 317 g/mol. The van der Waals surface area contributed by atoms with E-state index in [1.165, 1.54) is 44.5 Å². The Balaban J connectivity index is 1.43. The molecule has 1 aromatic rings. The lowest BCUT2D eigenvalue weighted by Gasteiger charge is -2.26. The molecule has 1 aromatic carbocycles. The van der Waals surface area contributed by atoms with Crippen molar-refractivity contribution in [3.63, 3.8) is 0 Å². The predicted molar refractivity (Wildman–Crippen MR) is 94.7 cm³/mol. The average Bonchev–Trinajstić information content (AvgIpc) is 2.99. The van der Waals surface area contributed by atoms with Gasteiger partial charge in [-0.15, -0.1) is 0 Å². The van der Waals surface area contributed by atoms with Crippen LogP contribution in [0.5, 0.6) is 5.75 Å². The smallest absolute Gasteiger partial charge is 0.123 e. The number of likely N-dealkylation sites (tertiary alicyclic amines) is 2. The van der Waals surface area contributed by atoms with Crippen LogP contribution in [0.4, 0.5) is 0 Å². The van der Waals surface area contributed by atoms with Gasteiger partial charge in [0, 0.05) is 37.8 Å². The minimum Gasteiger partial charge on any atom is -0.493 e. The second-order valence-electron chi connectivity index (χ2n) is 7.00. The Morgan fingerprint density at radius 1 is 1.04 bits per heavy atom. The summed E-state index contributed by atoms with van der Waals surface area (Å²) in [5, 5.41) is 0. The number of hydrogen-bond donors (Lipinski definition) is 1. The van der Waals surface area contributed by atoms with Crippen molar-refractivity contribution in [2.75, 3.05) is 39.3 Å². The highest BCUT2D eigenvalue weighted by molar-refractivity contribution is 5.33. The summed E-state index contributed by atoms with van der Waals surface area (Å²) in [6.07, 6.45) is 6.35. The molecular weight excluding hydrogens is 286 g/mol. The molecule has 0 spiro atoms. The fourth-order valence-electron chi connectivity index (χ4n) is 3.68. The molecule has 2 aliphatic heterocycles. The van der Waals surface area contributed by atoms with Crippen LogP contribution in [-0.4, -0.2) is 55.2 Å².